The molecule has 0 aromatic heterocycles. The van der Waals surface area contributed by atoms with E-state index in [1.165, 1.54) is 17.1 Å². The summed E-state index contributed by atoms with van der Waals surface area (Å²) >= 11 is 6.63. The largest absolute Gasteiger partial charge is 0.489 e. The van der Waals surface area contributed by atoms with E-state index in [-0.39, 0.29) is 11.9 Å². The summed E-state index contributed by atoms with van der Waals surface area (Å²) in [6, 6.07) is 15.3. The van der Waals surface area contributed by atoms with Crippen LogP contribution in [0.25, 0.3) is 0 Å². The molecule has 0 spiro atoms. The molecule has 1 aliphatic heterocycles. The van der Waals surface area contributed by atoms with Gasteiger partial charge < -0.3 is 4.74 Å². The molecule has 1 aliphatic carbocycles. The summed E-state index contributed by atoms with van der Waals surface area (Å²) in [5, 5.41) is 0.709. The maximum absolute atomic E-state index is 12.6. The number of nitrogens with zero attached hydrogens (tertiary/aromatic N) is 2. The third-order valence-electron chi connectivity index (χ3n) is 6.30. The Morgan fingerprint density at radius 1 is 1.06 bits per heavy atom. The van der Waals surface area contributed by atoms with E-state index in [4.69, 9.17) is 16.3 Å². The molecule has 0 radical (unpaired) electrons. The highest BCUT2D eigenvalue weighted by molar-refractivity contribution is 7.88. The fraction of sp³-hybridized carbons (Fsp3) is 0.500. The van der Waals surface area contributed by atoms with Crippen molar-refractivity contribution in [1.82, 2.24) is 9.21 Å². The van der Waals surface area contributed by atoms with Gasteiger partial charge in [0.05, 0.1) is 16.9 Å². The van der Waals surface area contributed by atoms with E-state index in [0.29, 0.717) is 17.5 Å². The Morgan fingerprint density at radius 2 is 1.77 bits per heavy atom. The van der Waals surface area contributed by atoms with Crippen LogP contribution in [0.4, 0.5) is 0 Å². The van der Waals surface area contributed by atoms with Crippen LogP contribution >= 0.6 is 11.6 Å². The van der Waals surface area contributed by atoms with Gasteiger partial charge in [0.15, 0.2) is 0 Å². The number of hydrogen-bond donors (Lipinski definition) is 0. The van der Waals surface area contributed by atoms with Gasteiger partial charge in [-0.2, -0.15) is 0 Å². The van der Waals surface area contributed by atoms with Gasteiger partial charge in [-0.3, -0.25) is 4.90 Å². The zero-order valence-electron chi connectivity index (χ0n) is 18.0. The Morgan fingerprint density at radius 3 is 2.48 bits per heavy atom. The van der Waals surface area contributed by atoms with E-state index < -0.39 is 10.0 Å². The minimum atomic E-state index is -3.32. The van der Waals surface area contributed by atoms with Crippen LogP contribution in [-0.4, -0.2) is 50.4 Å². The zero-order valence-corrected chi connectivity index (χ0v) is 19.6. The molecule has 2 aromatic rings. The molecular weight excluding hydrogens is 432 g/mol. The van der Waals surface area contributed by atoms with E-state index in [0.717, 1.165) is 49.4 Å². The molecule has 2 fully saturated rings. The van der Waals surface area contributed by atoms with Gasteiger partial charge in [-0.15, -0.1) is 0 Å². The fourth-order valence-electron chi connectivity index (χ4n) is 4.42. The third kappa shape index (κ3) is 5.80. The molecule has 7 heteroatoms. The summed E-state index contributed by atoms with van der Waals surface area (Å²) in [6.07, 6.45) is 4.30. The predicted molar refractivity (Wildman–Crippen MR) is 125 cm³/mol. The molecule has 168 valence electrons. The van der Waals surface area contributed by atoms with Gasteiger partial charge in [0.2, 0.25) is 10.0 Å². The molecule has 2 aromatic carbocycles. The quantitative estimate of drug-likeness (QED) is 0.548. The van der Waals surface area contributed by atoms with Crippen molar-refractivity contribution in [1.29, 1.82) is 0 Å². The minimum absolute atomic E-state index is 0.0381. The van der Waals surface area contributed by atoms with Gasteiger partial charge in [0, 0.05) is 20.1 Å². The lowest BCUT2D eigenvalue weighted by molar-refractivity contribution is 0.0575. The summed E-state index contributed by atoms with van der Waals surface area (Å²) < 4.78 is 32.9. The summed E-state index contributed by atoms with van der Waals surface area (Å²) in [5.41, 5.74) is 1.93. The van der Waals surface area contributed by atoms with Crippen LogP contribution in [-0.2, 0) is 22.3 Å². The molecule has 0 unspecified atom stereocenters. The molecule has 1 heterocycles. The van der Waals surface area contributed by atoms with Gasteiger partial charge in [0.25, 0.3) is 0 Å². The first-order chi connectivity index (χ1) is 14.9. The Labute approximate surface area is 191 Å². The van der Waals surface area contributed by atoms with E-state index >= 15 is 0 Å². The Bertz CT molecular complexity index is 972. The lowest BCUT2D eigenvalue weighted by Gasteiger charge is -2.37. The van der Waals surface area contributed by atoms with Crippen LogP contribution in [0.2, 0.25) is 5.02 Å². The number of rotatable bonds is 9. The fourth-order valence-corrected chi connectivity index (χ4v) is 5.92. The molecule has 5 nitrogen and oxygen atoms in total. The topological polar surface area (TPSA) is 49.9 Å². The second-order valence-corrected chi connectivity index (χ2v) is 11.3. The summed E-state index contributed by atoms with van der Waals surface area (Å²) in [7, 11) is -1.65. The molecule has 0 amide bonds. The minimum Gasteiger partial charge on any atom is -0.489 e. The molecular formula is C24H31ClN2O3S. The van der Waals surface area contributed by atoms with E-state index in [9.17, 15) is 8.42 Å². The number of ether oxygens (including phenoxy) is 1. The molecule has 0 atom stereocenters. The van der Waals surface area contributed by atoms with Crippen LogP contribution < -0.4 is 4.74 Å². The Hall–Kier alpha value is -1.60. The highest BCUT2D eigenvalue weighted by Crippen LogP contribution is 2.36. The molecule has 0 N–H and O–H groups in total. The highest BCUT2D eigenvalue weighted by atomic mass is 35.5. The highest BCUT2D eigenvalue weighted by Gasteiger charge is 2.34. The van der Waals surface area contributed by atoms with Gasteiger partial charge in [-0.05, 0) is 61.9 Å². The number of benzene rings is 2. The maximum atomic E-state index is 12.6. The van der Waals surface area contributed by atoms with Crippen molar-refractivity contribution < 1.29 is 13.2 Å². The monoisotopic (exact) mass is 462 g/mol. The van der Waals surface area contributed by atoms with Gasteiger partial charge in [-0.25, -0.2) is 12.7 Å². The zero-order chi connectivity index (χ0) is 21.8. The van der Waals surface area contributed by atoms with Crippen LogP contribution in [0, 0.1) is 5.92 Å². The second kappa shape index (κ2) is 9.90. The van der Waals surface area contributed by atoms with Crippen LogP contribution in [0.15, 0.2) is 48.5 Å². The van der Waals surface area contributed by atoms with Crippen molar-refractivity contribution in [2.75, 3.05) is 26.7 Å². The van der Waals surface area contributed by atoms with Gasteiger partial charge in [0.1, 0.15) is 5.75 Å². The number of likely N-dealkylation sites (tertiary alicyclic amines) is 1. The number of sulfonamides is 1. The number of halogens is 1. The lowest BCUT2D eigenvalue weighted by Crippen LogP contribution is -2.42. The van der Waals surface area contributed by atoms with Crippen molar-refractivity contribution in [2.45, 2.75) is 44.1 Å². The smallest absolute Gasteiger partial charge is 0.218 e. The average molecular weight is 463 g/mol. The SMILES string of the molecule is CN(CC1CC(Oc2cccc(CN3CCCC3)c2Cl)C1)S(=O)(=O)Cc1ccccc1. The number of hydrogen-bond acceptors (Lipinski definition) is 4. The second-order valence-electron chi connectivity index (χ2n) is 8.81. The summed E-state index contributed by atoms with van der Waals surface area (Å²) in [4.78, 5) is 2.43. The molecule has 1 saturated carbocycles. The molecule has 31 heavy (non-hydrogen) atoms. The van der Waals surface area contributed by atoms with Gasteiger partial charge >= 0.3 is 0 Å². The predicted octanol–water partition coefficient (Wildman–Crippen LogP) is 4.56. The summed E-state index contributed by atoms with van der Waals surface area (Å²) in [6.45, 7) is 3.66. The van der Waals surface area contributed by atoms with Crippen molar-refractivity contribution in [3.8, 4) is 5.75 Å². The van der Waals surface area contributed by atoms with Crippen molar-refractivity contribution >= 4 is 21.6 Å². The Kier molecular flexibility index (Phi) is 7.22. The van der Waals surface area contributed by atoms with Crippen LogP contribution in [0.1, 0.15) is 36.8 Å². The third-order valence-corrected chi connectivity index (χ3v) is 8.53. The standard InChI is InChI=1S/C24H31ClN2O3S/c1-26(31(28,29)18-19-8-3-2-4-9-19)16-20-14-22(15-20)30-23-11-7-10-21(24(23)25)17-27-12-5-6-13-27/h2-4,7-11,20,22H,5-6,12-18H2,1H3. The van der Waals surface area contributed by atoms with Crippen molar-refractivity contribution in [3.63, 3.8) is 0 Å². The van der Waals surface area contributed by atoms with Crippen LogP contribution in [0.5, 0.6) is 5.75 Å². The summed E-state index contributed by atoms with van der Waals surface area (Å²) in [5.74, 6) is 1.09. The maximum Gasteiger partial charge on any atom is 0.218 e. The van der Waals surface area contributed by atoms with Crippen LogP contribution in [0.3, 0.4) is 0 Å². The first-order valence-electron chi connectivity index (χ1n) is 11.0. The van der Waals surface area contributed by atoms with E-state index in [1.54, 1.807) is 7.05 Å². The Balaban J connectivity index is 1.27. The first-order valence-corrected chi connectivity index (χ1v) is 13.0. The first kappa shape index (κ1) is 22.6. The van der Waals surface area contributed by atoms with Crippen molar-refractivity contribution in [2.24, 2.45) is 5.92 Å². The van der Waals surface area contributed by atoms with Crippen molar-refractivity contribution in [3.05, 3.63) is 64.7 Å². The lowest BCUT2D eigenvalue weighted by atomic mass is 9.82. The van der Waals surface area contributed by atoms with Gasteiger partial charge in [-0.1, -0.05) is 54.1 Å². The van der Waals surface area contributed by atoms with E-state index in [1.807, 2.05) is 42.5 Å². The molecule has 1 saturated heterocycles. The molecule has 0 bridgehead atoms. The molecule has 4 rings (SSSR count). The van der Waals surface area contributed by atoms with E-state index in [2.05, 4.69) is 11.0 Å². The molecule has 2 aliphatic rings. The average Bonchev–Trinajstić information content (AvgIpc) is 3.22. The normalized spacial score (nSPS) is 21.9.